The highest BCUT2D eigenvalue weighted by molar-refractivity contribution is 14.1. The number of carbonyl (C=O) groups is 1. The van der Waals surface area contributed by atoms with Gasteiger partial charge in [0.1, 0.15) is 5.82 Å². The third-order valence-electron chi connectivity index (χ3n) is 4.62. The van der Waals surface area contributed by atoms with Crippen molar-refractivity contribution in [2.45, 2.75) is 18.0 Å². The Morgan fingerprint density at radius 1 is 1.06 bits per heavy atom. The Bertz CT molecular complexity index is 1190. The largest absolute Gasteiger partial charge is 0.478 e. The second-order valence-corrected chi connectivity index (χ2v) is 8.16. The fraction of sp³-hybridized carbons (Fsp3) is 0.222. The number of hydrogen-bond acceptors (Lipinski definition) is 2. The summed E-state index contributed by atoms with van der Waals surface area (Å²) in [7, 11) is 0.852. The monoisotopic (exact) mass is 595 g/mol. The molecule has 172 valence electrons. The van der Waals surface area contributed by atoms with Crippen molar-refractivity contribution in [3.05, 3.63) is 56.5 Å². The van der Waals surface area contributed by atoms with Crippen LogP contribution in [0.3, 0.4) is 0 Å². The number of alkyl halides is 7. The van der Waals surface area contributed by atoms with E-state index in [-0.39, 0.29) is 20.0 Å². The van der Waals surface area contributed by atoms with Crippen molar-refractivity contribution in [3.8, 4) is 16.9 Å². The van der Waals surface area contributed by atoms with Gasteiger partial charge in [-0.05, 0) is 46.4 Å². The van der Waals surface area contributed by atoms with Gasteiger partial charge < -0.3 is 9.67 Å². The molecule has 0 aliphatic carbocycles. The molecule has 0 aliphatic rings. The van der Waals surface area contributed by atoms with E-state index in [0.29, 0.717) is 21.8 Å². The second kappa shape index (κ2) is 7.93. The average molecular weight is 596 g/mol. The maximum atomic E-state index is 14.6. The highest BCUT2D eigenvalue weighted by Gasteiger charge is 2.74. The van der Waals surface area contributed by atoms with Gasteiger partial charge in [0.2, 0.25) is 0 Å². The third kappa shape index (κ3) is 3.84. The molecule has 3 rings (SSSR count). The van der Waals surface area contributed by atoms with Gasteiger partial charge in [-0.3, -0.25) is 0 Å². The lowest BCUT2D eigenvalue weighted by Crippen LogP contribution is -2.51. The van der Waals surface area contributed by atoms with E-state index in [1.54, 1.807) is 0 Å². The SMILES string of the molecule is Cn1c(C(F)(C(F)(F)F)C(F)(F)F)cc(I)c1-n1cc(-c2ccc(Cl)c(C(=O)O)c2)cn1. The standard InChI is InChI=1S/C18H10ClF7IN3O2/c1-29-13(16(20,17(21,22)23)18(24,25)26)5-12(27)14(29)30-7-9(6-28-30)8-2-3-11(19)10(4-8)15(31)32/h2-7H,1H3,(H,31,32). The van der Waals surface area contributed by atoms with Gasteiger partial charge in [0.15, 0.2) is 0 Å². The zero-order chi connectivity index (χ0) is 24.2. The number of aromatic nitrogens is 3. The van der Waals surface area contributed by atoms with Crippen LogP contribution in [-0.2, 0) is 12.7 Å². The van der Waals surface area contributed by atoms with Crippen LogP contribution in [0.15, 0.2) is 36.7 Å². The summed E-state index contributed by atoms with van der Waals surface area (Å²) in [5.41, 5.74) is -6.86. The summed E-state index contributed by atoms with van der Waals surface area (Å²) in [6.07, 6.45) is -10.1. The van der Waals surface area contributed by atoms with Crippen LogP contribution in [0.5, 0.6) is 0 Å². The summed E-state index contributed by atoms with van der Waals surface area (Å²) < 4.78 is 94.9. The first kappa shape index (κ1) is 24.4. The molecule has 0 atom stereocenters. The minimum atomic E-state index is -6.26. The molecule has 1 aromatic carbocycles. The molecular weight excluding hydrogens is 586 g/mol. The second-order valence-electron chi connectivity index (χ2n) is 6.59. The molecule has 3 aromatic rings. The highest BCUT2D eigenvalue weighted by atomic mass is 127. The molecule has 32 heavy (non-hydrogen) atoms. The normalized spacial score (nSPS) is 12.9. The van der Waals surface area contributed by atoms with E-state index >= 15 is 0 Å². The molecule has 1 N–H and O–H groups in total. The molecule has 14 heteroatoms. The van der Waals surface area contributed by atoms with Crippen LogP contribution in [0.2, 0.25) is 5.02 Å². The van der Waals surface area contributed by atoms with E-state index < -0.39 is 29.7 Å². The summed E-state index contributed by atoms with van der Waals surface area (Å²) in [4.78, 5) is 11.3. The molecule has 0 saturated carbocycles. The van der Waals surface area contributed by atoms with Crippen molar-refractivity contribution in [1.82, 2.24) is 14.3 Å². The lowest BCUT2D eigenvalue weighted by atomic mass is 10.0. The lowest BCUT2D eigenvalue weighted by molar-refractivity contribution is -0.350. The summed E-state index contributed by atoms with van der Waals surface area (Å²) in [5, 5.41) is 13.1. The summed E-state index contributed by atoms with van der Waals surface area (Å²) in [6, 6.07) is 4.44. The number of halogens is 9. The van der Waals surface area contributed by atoms with Crippen LogP contribution < -0.4 is 0 Å². The van der Waals surface area contributed by atoms with Gasteiger partial charge in [-0.25, -0.2) is 13.9 Å². The Morgan fingerprint density at radius 3 is 2.19 bits per heavy atom. The van der Waals surface area contributed by atoms with Crippen LogP contribution in [0, 0.1) is 3.57 Å². The van der Waals surface area contributed by atoms with Crippen LogP contribution in [0.1, 0.15) is 16.1 Å². The minimum absolute atomic E-state index is 0.0335. The Balaban J connectivity index is 2.13. The summed E-state index contributed by atoms with van der Waals surface area (Å²) in [5.74, 6) is -1.56. The molecule has 0 radical (unpaired) electrons. The van der Waals surface area contributed by atoms with E-state index in [4.69, 9.17) is 11.6 Å². The smallest absolute Gasteiger partial charge is 0.437 e. The van der Waals surface area contributed by atoms with Gasteiger partial charge >= 0.3 is 24.0 Å². The third-order valence-corrected chi connectivity index (χ3v) is 5.74. The number of nitrogens with zero attached hydrogens (tertiary/aromatic N) is 3. The molecule has 0 spiro atoms. The molecule has 0 aliphatic heterocycles. The Labute approximate surface area is 193 Å². The molecular formula is C18H10ClF7IN3O2. The number of rotatable bonds is 4. The number of carboxylic acids is 1. The van der Waals surface area contributed by atoms with Crippen LogP contribution in [0.25, 0.3) is 16.9 Å². The van der Waals surface area contributed by atoms with Crippen LogP contribution >= 0.6 is 34.2 Å². The molecule has 5 nitrogen and oxygen atoms in total. The van der Waals surface area contributed by atoms with E-state index in [1.165, 1.54) is 53.2 Å². The Kier molecular flexibility index (Phi) is 6.04. The minimum Gasteiger partial charge on any atom is -0.478 e. The van der Waals surface area contributed by atoms with Crippen molar-refractivity contribution in [2.24, 2.45) is 7.05 Å². The van der Waals surface area contributed by atoms with Crippen molar-refractivity contribution in [1.29, 1.82) is 0 Å². The van der Waals surface area contributed by atoms with Crippen LogP contribution in [0.4, 0.5) is 30.7 Å². The summed E-state index contributed by atoms with van der Waals surface area (Å²) in [6.45, 7) is 0. The predicted octanol–water partition coefficient (Wildman–Crippen LogP) is 6.12. The van der Waals surface area contributed by atoms with Crippen molar-refractivity contribution in [2.75, 3.05) is 0 Å². The Hall–Kier alpha value is -2.29. The molecule has 0 fully saturated rings. The van der Waals surface area contributed by atoms with Crippen molar-refractivity contribution >= 4 is 40.2 Å². The predicted molar refractivity (Wildman–Crippen MR) is 108 cm³/mol. The van der Waals surface area contributed by atoms with Gasteiger partial charge in [-0.15, -0.1) is 0 Å². The molecule has 0 unspecified atom stereocenters. The fourth-order valence-corrected chi connectivity index (χ4v) is 4.16. The van der Waals surface area contributed by atoms with Crippen molar-refractivity contribution < 1.29 is 40.6 Å². The van der Waals surface area contributed by atoms with E-state index in [9.17, 15) is 40.6 Å². The zero-order valence-electron chi connectivity index (χ0n) is 15.6. The fourth-order valence-electron chi connectivity index (χ4n) is 3.06. The maximum Gasteiger partial charge on any atom is 0.437 e. The van der Waals surface area contributed by atoms with Gasteiger partial charge in [0.25, 0.3) is 0 Å². The van der Waals surface area contributed by atoms with E-state index in [2.05, 4.69) is 5.10 Å². The van der Waals surface area contributed by atoms with E-state index in [1.807, 2.05) is 0 Å². The first-order valence-corrected chi connectivity index (χ1v) is 9.81. The molecule has 0 bridgehead atoms. The van der Waals surface area contributed by atoms with Gasteiger partial charge in [-0.2, -0.15) is 31.4 Å². The van der Waals surface area contributed by atoms with E-state index in [0.717, 1.165) is 11.7 Å². The zero-order valence-corrected chi connectivity index (χ0v) is 18.5. The quantitative estimate of drug-likeness (QED) is 0.292. The molecule has 0 amide bonds. The number of carboxylic acid groups (broad SMARTS) is 1. The first-order valence-electron chi connectivity index (χ1n) is 8.36. The first-order chi connectivity index (χ1) is 14.6. The molecule has 2 aromatic heterocycles. The topological polar surface area (TPSA) is 60.0 Å². The van der Waals surface area contributed by atoms with Crippen molar-refractivity contribution in [3.63, 3.8) is 0 Å². The lowest BCUT2D eigenvalue weighted by Gasteiger charge is -2.30. The number of hydrogen-bond donors (Lipinski definition) is 1. The van der Waals surface area contributed by atoms with Gasteiger partial charge in [0, 0.05) is 18.8 Å². The number of aromatic carboxylic acids is 1. The summed E-state index contributed by atoms with van der Waals surface area (Å²) >= 11 is 7.29. The molecule has 0 saturated heterocycles. The average Bonchev–Trinajstić information content (AvgIpc) is 3.23. The van der Waals surface area contributed by atoms with Crippen LogP contribution in [-0.4, -0.2) is 37.8 Å². The Morgan fingerprint density at radius 2 is 1.66 bits per heavy atom. The molecule has 2 heterocycles. The van der Waals surface area contributed by atoms with Gasteiger partial charge in [-0.1, -0.05) is 17.7 Å². The maximum absolute atomic E-state index is 14.6. The van der Waals surface area contributed by atoms with Gasteiger partial charge in [0.05, 0.1) is 26.0 Å². The number of benzene rings is 1. The highest BCUT2D eigenvalue weighted by Crippen LogP contribution is 2.54.